The van der Waals surface area contributed by atoms with E-state index in [2.05, 4.69) is 9.98 Å². The lowest BCUT2D eigenvalue weighted by atomic mass is 9.91. The van der Waals surface area contributed by atoms with Gasteiger partial charge in [0.2, 0.25) is 0 Å². The van der Waals surface area contributed by atoms with Crippen molar-refractivity contribution in [2.24, 2.45) is 4.99 Å². The van der Waals surface area contributed by atoms with Crippen LogP contribution in [0.2, 0.25) is 0 Å². The van der Waals surface area contributed by atoms with Crippen LogP contribution in [-0.4, -0.2) is 22.6 Å². The zero-order valence-corrected chi connectivity index (χ0v) is 8.73. The molecule has 1 aliphatic carbocycles. The average molecular weight is 216 g/mol. The Morgan fingerprint density at radius 2 is 2.44 bits per heavy atom. The lowest BCUT2D eigenvalue weighted by molar-refractivity contribution is -0.137. The highest BCUT2D eigenvalue weighted by molar-refractivity contribution is 5.80. The molecule has 1 aromatic rings. The van der Waals surface area contributed by atoms with Crippen molar-refractivity contribution in [2.45, 2.75) is 18.8 Å². The summed E-state index contributed by atoms with van der Waals surface area (Å²) in [6, 6.07) is 0. The molecule has 0 saturated heterocycles. The highest BCUT2D eigenvalue weighted by Gasteiger charge is 2.25. The van der Waals surface area contributed by atoms with Crippen LogP contribution in [0.15, 0.2) is 17.1 Å². The molecule has 16 heavy (non-hydrogen) atoms. The molecule has 2 aliphatic rings. The van der Waals surface area contributed by atoms with E-state index in [9.17, 15) is 9.90 Å². The zero-order chi connectivity index (χ0) is 11.1. The summed E-state index contributed by atoms with van der Waals surface area (Å²) in [6.07, 6.45) is 7.38. The van der Waals surface area contributed by atoms with E-state index in [4.69, 9.17) is 0 Å². The highest BCUT2D eigenvalue weighted by Crippen LogP contribution is 2.21. The molecular formula is C12H12N2O2. The number of aliphatic carboxylic acids is 1. The summed E-state index contributed by atoms with van der Waals surface area (Å²) in [4.78, 5) is 18.8. The van der Waals surface area contributed by atoms with E-state index in [1.54, 1.807) is 12.2 Å². The molecule has 0 saturated carbocycles. The van der Waals surface area contributed by atoms with E-state index in [0.717, 1.165) is 41.4 Å². The first-order valence-corrected chi connectivity index (χ1v) is 5.44. The van der Waals surface area contributed by atoms with Crippen molar-refractivity contribution < 1.29 is 9.90 Å². The summed E-state index contributed by atoms with van der Waals surface area (Å²) in [5.41, 5.74) is 2.88. The van der Waals surface area contributed by atoms with Crippen molar-refractivity contribution in [2.75, 3.05) is 6.54 Å². The van der Waals surface area contributed by atoms with Gasteiger partial charge in [-0.05, 0) is 18.9 Å². The second kappa shape index (κ2) is 3.33. The number of carboxylic acids is 1. The molecule has 4 heteroatoms. The molecule has 4 nitrogen and oxygen atoms in total. The molecule has 0 spiro atoms. The Balaban J connectivity index is 2.30. The number of allylic oxidation sites excluding steroid dienone is 1. The van der Waals surface area contributed by atoms with Gasteiger partial charge in [0.25, 0.3) is 0 Å². The van der Waals surface area contributed by atoms with E-state index in [1.807, 2.05) is 6.08 Å². The summed E-state index contributed by atoms with van der Waals surface area (Å²) < 4.78 is 0. The standard InChI is InChI=1S/C12H12N2O2/c15-12(16)8-3-1-5-9-10(8)7-4-2-6-13-11(7)14-9/h1,3,5,8H,2,4,6H2,(H,13,14)(H,15,16). The van der Waals surface area contributed by atoms with E-state index in [-0.39, 0.29) is 0 Å². The number of nitrogens with zero attached hydrogens (tertiary/aromatic N) is 1. The Hall–Kier alpha value is -1.84. The third kappa shape index (κ3) is 1.23. The SMILES string of the molecule is O=C(O)C1C=CC=c2[nH]c3c(c21)CCCN=3. The van der Waals surface area contributed by atoms with Gasteiger partial charge in [0.1, 0.15) is 11.4 Å². The molecule has 2 heterocycles. The van der Waals surface area contributed by atoms with Crippen molar-refractivity contribution in [1.82, 2.24) is 4.98 Å². The van der Waals surface area contributed by atoms with Crippen molar-refractivity contribution in [1.29, 1.82) is 0 Å². The molecule has 0 bridgehead atoms. The second-order valence-corrected chi connectivity index (χ2v) is 4.13. The number of aromatic amines is 1. The molecule has 82 valence electrons. The first-order chi connectivity index (χ1) is 7.77. The van der Waals surface area contributed by atoms with E-state index in [0.29, 0.717) is 0 Å². The van der Waals surface area contributed by atoms with Crippen LogP contribution < -0.4 is 10.8 Å². The van der Waals surface area contributed by atoms with Crippen molar-refractivity contribution in [3.8, 4) is 0 Å². The van der Waals surface area contributed by atoms with Crippen LogP contribution in [0.4, 0.5) is 0 Å². The summed E-state index contributed by atoms with van der Waals surface area (Å²) >= 11 is 0. The zero-order valence-electron chi connectivity index (χ0n) is 8.73. The topological polar surface area (TPSA) is 65.4 Å². The van der Waals surface area contributed by atoms with Crippen molar-refractivity contribution in [3.05, 3.63) is 34.1 Å². The Morgan fingerprint density at radius 3 is 3.25 bits per heavy atom. The first-order valence-electron chi connectivity index (χ1n) is 5.44. The normalized spacial score (nSPS) is 21.6. The third-order valence-electron chi connectivity index (χ3n) is 3.15. The van der Waals surface area contributed by atoms with Gasteiger partial charge in [0.15, 0.2) is 0 Å². The Bertz CT molecular complexity index is 595. The fraction of sp³-hybridized carbons (Fsp3) is 0.333. The lowest BCUT2D eigenvalue weighted by Gasteiger charge is -2.12. The fourth-order valence-electron chi connectivity index (χ4n) is 2.45. The van der Waals surface area contributed by atoms with Gasteiger partial charge in [-0.25, -0.2) is 0 Å². The van der Waals surface area contributed by atoms with Gasteiger partial charge in [-0.3, -0.25) is 9.79 Å². The van der Waals surface area contributed by atoms with Crippen LogP contribution in [0.1, 0.15) is 23.5 Å². The minimum absolute atomic E-state index is 0.520. The highest BCUT2D eigenvalue weighted by atomic mass is 16.4. The number of H-pyrrole nitrogens is 1. The van der Waals surface area contributed by atoms with Gasteiger partial charge < -0.3 is 10.1 Å². The smallest absolute Gasteiger partial charge is 0.314 e. The molecule has 1 aliphatic heterocycles. The van der Waals surface area contributed by atoms with Crippen LogP contribution in [-0.2, 0) is 11.2 Å². The van der Waals surface area contributed by atoms with Crippen LogP contribution in [0.3, 0.4) is 0 Å². The number of rotatable bonds is 1. The average Bonchev–Trinajstić information content (AvgIpc) is 2.66. The van der Waals surface area contributed by atoms with E-state index < -0.39 is 11.9 Å². The molecule has 1 aromatic heterocycles. The second-order valence-electron chi connectivity index (χ2n) is 4.13. The summed E-state index contributed by atoms with van der Waals surface area (Å²) in [5.74, 6) is -1.31. The predicted octanol–water partition coefficient (Wildman–Crippen LogP) is 0.0990. The number of aromatic nitrogens is 1. The van der Waals surface area contributed by atoms with Gasteiger partial charge in [0.05, 0.1) is 0 Å². The van der Waals surface area contributed by atoms with Crippen molar-refractivity contribution in [3.63, 3.8) is 0 Å². The molecule has 2 N–H and O–H groups in total. The van der Waals surface area contributed by atoms with E-state index >= 15 is 0 Å². The van der Waals surface area contributed by atoms with Gasteiger partial charge in [0, 0.05) is 23.0 Å². The first kappa shape index (κ1) is 9.39. The number of carbonyl (C=O) groups is 1. The minimum atomic E-state index is -0.794. The fourth-order valence-corrected chi connectivity index (χ4v) is 2.45. The summed E-state index contributed by atoms with van der Waals surface area (Å²) in [6.45, 7) is 0.831. The lowest BCUT2D eigenvalue weighted by Crippen LogP contribution is -2.21. The maximum atomic E-state index is 11.2. The Labute approximate surface area is 92.0 Å². The molecular weight excluding hydrogens is 204 g/mol. The number of carboxylic acid groups (broad SMARTS) is 1. The number of fused-ring (bicyclic) bond motifs is 3. The summed E-state index contributed by atoms with van der Waals surface area (Å²) in [7, 11) is 0. The van der Waals surface area contributed by atoms with Crippen LogP contribution in [0, 0.1) is 0 Å². The van der Waals surface area contributed by atoms with Gasteiger partial charge >= 0.3 is 5.97 Å². The minimum Gasteiger partial charge on any atom is -0.481 e. The number of nitrogens with one attached hydrogen (secondary N) is 1. The summed E-state index contributed by atoms with van der Waals surface area (Å²) in [5, 5.41) is 10.1. The largest absolute Gasteiger partial charge is 0.481 e. The van der Waals surface area contributed by atoms with Crippen molar-refractivity contribution >= 4 is 12.0 Å². The Morgan fingerprint density at radius 1 is 1.56 bits per heavy atom. The molecule has 0 fully saturated rings. The Kier molecular flexibility index (Phi) is 1.96. The molecule has 3 rings (SSSR count). The molecule has 1 unspecified atom stereocenters. The predicted molar refractivity (Wildman–Crippen MR) is 58.7 cm³/mol. The number of hydrogen-bond acceptors (Lipinski definition) is 2. The molecule has 1 atom stereocenters. The molecule has 0 amide bonds. The quantitative estimate of drug-likeness (QED) is 0.699. The molecule has 0 radical (unpaired) electrons. The van der Waals surface area contributed by atoms with Gasteiger partial charge in [-0.15, -0.1) is 0 Å². The van der Waals surface area contributed by atoms with E-state index in [1.165, 1.54) is 0 Å². The third-order valence-corrected chi connectivity index (χ3v) is 3.15. The monoisotopic (exact) mass is 216 g/mol. The van der Waals surface area contributed by atoms with Crippen LogP contribution in [0.5, 0.6) is 0 Å². The number of hydrogen-bond donors (Lipinski definition) is 2. The van der Waals surface area contributed by atoms with Gasteiger partial charge in [-0.1, -0.05) is 12.2 Å². The van der Waals surface area contributed by atoms with Gasteiger partial charge in [-0.2, -0.15) is 0 Å². The van der Waals surface area contributed by atoms with Crippen LogP contribution >= 0.6 is 0 Å². The van der Waals surface area contributed by atoms with Crippen LogP contribution in [0.25, 0.3) is 6.08 Å². The maximum Gasteiger partial charge on any atom is 0.314 e. The molecule has 0 aromatic carbocycles. The maximum absolute atomic E-state index is 11.2.